The summed E-state index contributed by atoms with van der Waals surface area (Å²) in [6.45, 7) is 1.77. The van der Waals surface area contributed by atoms with Gasteiger partial charge in [-0.1, -0.05) is 60.7 Å². The minimum atomic E-state index is -0.0599. The number of carbonyl (C=O) groups is 1. The first-order valence-electron chi connectivity index (χ1n) is 9.24. The van der Waals surface area contributed by atoms with Gasteiger partial charge in [0.1, 0.15) is 6.10 Å². The van der Waals surface area contributed by atoms with Crippen LogP contribution < -0.4 is 0 Å². The Morgan fingerprint density at radius 2 is 1.81 bits per heavy atom. The summed E-state index contributed by atoms with van der Waals surface area (Å²) in [5.41, 5.74) is 2.09. The van der Waals surface area contributed by atoms with E-state index in [4.69, 9.17) is 9.15 Å². The summed E-state index contributed by atoms with van der Waals surface area (Å²) in [5.74, 6) is 1.43. The molecule has 1 saturated heterocycles. The maximum Gasteiger partial charge on any atom is 0.223 e. The SMILES string of the molecule is O=C(CCc1ncc(-c2ccccc2)o1)N1CCOC(c2ccccc2)C1. The molecular formula is C22H22N2O3. The maximum atomic E-state index is 12.6. The van der Waals surface area contributed by atoms with Crippen LogP contribution in [-0.4, -0.2) is 35.5 Å². The smallest absolute Gasteiger partial charge is 0.223 e. The van der Waals surface area contributed by atoms with Gasteiger partial charge in [0, 0.05) is 24.9 Å². The van der Waals surface area contributed by atoms with Gasteiger partial charge in [-0.05, 0) is 5.56 Å². The summed E-state index contributed by atoms with van der Waals surface area (Å²) < 4.78 is 11.6. The van der Waals surface area contributed by atoms with Crippen molar-refractivity contribution in [2.24, 2.45) is 0 Å². The van der Waals surface area contributed by atoms with Crippen LogP contribution in [0.15, 0.2) is 71.3 Å². The zero-order valence-electron chi connectivity index (χ0n) is 15.1. The first-order valence-corrected chi connectivity index (χ1v) is 9.24. The number of morpholine rings is 1. The quantitative estimate of drug-likeness (QED) is 0.691. The van der Waals surface area contributed by atoms with E-state index in [2.05, 4.69) is 4.98 Å². The zero-order chi connectivity index (χ0) is 18.5. The lowest BCUT2D eigenvalue weighted by atomic mass is 10.1. The third-order valence-electron chi connectivity index (χ3n) is 4.76. The maximum absolute atomic E-state index is 12.6. The molecule has 0 saturated carbocycles. The fraction of sp³-hybridized carbons (Fsp3) is 0.273. The third-order valence-corrected chi connectivity index (χ3v) is 4.76. The van der Waals surface area contributed by atoms with Gasteiger partial charge in [0.25, 0.3) is 0 Å². The van der Waals surface area contributed by atoms with Crippen molar-refractivity contribution in [2.45, 2.75) is 18.9 Å². The second-order valence-corrected chi connectivity index (χ2v) is 6.59. The number of amides is 1. The average Bonchev–Trinajstić information content (AvgIpc) is 3.22. The lowest BCUT2D eigenvalue weighted by molar-refractivity contribution is -0.139. The first kappa shape index (κ1) is 17.5. The second-order valence-electron chi connectivity index (χ2n) is 6.59. The molecule has 27 heavy (non-hydrogen) atoms. The number of aryl methyl sites for hydroxylation is 1. The minimum Gasteiger partial charge on any atom is -0.441 e. The van der Waals surface area contributed by atoms with E-state index >= 15 is 0 Å². The van der Waals surface area contributed by atoms with Crippen molar-refractivity contribution in [3.63, 3.8) is 0 Å². The Hall–Kier alpha value is -2.92. The van der Waals surface area contributed by atoms with Gasteiger partial charge in [0.15, 0.2) is 11.7 Å². The number of ether oxygens (including phenoxy) is 1. The Kier molecular flexibility index (Phi) is 5.30. The van der Waals surface area contributed by atoms with Crippen molar-refractivity contribution < 1.29 is 13.9 Å². The van der Waals surface area contributed by atoms with Crippen LogP contribution in [0.4, 0.5) is 0 Å². The third kappa shape index (κ3) is 4.26. The monoisotopic (exact) mass is 362 g/mol. The number of hydrogen-bond acceptors (Lipinski definition) is 4. The van der Waals surface area contributed by atoms with Gasteiger partial charge in [-0.25, -0.2) is 4.98 Å². The van der Waals surface area contributed by atoms with Crippen molar-refractivity contribution in [1.29, 1.82) is 0 Å². The van der Waals surface area contributed by atoms with E-state index in [9.17, 15) is 4.79 Å². The molecule has 1 amide bonds. The van der Waals surface area contributed by atoms with Crippen LogP contribution in [-0.2, 0) is 16.0 Å². The summed E-state index contributed by atoms with van der Waals surface area (Å²) in [4.78, 5) is 18.8. The number of rotatable bonds is 5. The molecule has 1 aliphatic heterocycles. The van der Waals surface area contributed by atoms with Crippen LogP contribution in [0.2, 0.25) is 0 Å². The lowest BCUT2D eigenvalue weighted by Gasteiger charge is -2.33. The molecule has 2 heterocycles. The van der Waals surface area contributed by atoms with E-state index in [1.54, 1.807) is 6.20 Å². The summed E-state index contributed by atoms with van der Waals surface area (Å²) in [6, 6.07) is 19.9. The van der Waals surface area contributed by atoms with Gasteiger partial charge in [-0.3, -0.25) is 4.79 Å². The predicted molar refractivity (Wildman–Crippen MR) is 102 cm³/mol. The van der Waals surface area contributed by atoms with E-state index in [1.807, 2.05) is 65.6 Å². The molecule has 3 aromatic rings. The zero-order valence-corrected chi connectivity index (χ0v) is 15.1. The number of aromatic nitrogens is 1. The molecule has 0 radical (unpaired) electrons. The highest BCUT2D eigenvalue weighted by Crippen LogP contribution is 2.23. The highest BCUT2D eigenvalue weighted by molar-refractivity contribution is 5.76. The summed E-state index contributed by atoms with van der Waals surface area (Å²) in [5, 5.41) is 0. The number of benzene rings is 2. The average molecular weight is 362 g/mol. The molecule has 1 aliphatic rings. The van der Waals surface area contributed by atoms with Gasteiger partial charge < -0.3 is 14.1 Å². The topological polar surface area (TPSA) is 55.6 Å². The van der Waals surface area contributed by atoms with E-state index in [1.165, 1.54) is 0 Å². The number of nitrogens with zero attached hydrogens (tertiary/aromatic N) is 2. The summed E-state index contributed by atoms with van der Waals surface area (Å²) in [7, 11) is 0. The molecule has 138 valence electrons. The van der Waals surface area contributed by atoms with Crippen LogP contribution in [0.5, 0.6) is 0 Å². The van der Waals surface area contributed by atoms with Crippen molar-refractivity contribution in [3.05, 3.63) is 78.3 Å². The predicted octanol–water partition coefficient (Wildman–Crippen LogP) is 3.87. The van der Waals surface area contributed by atoms with Crippen molar-refractivity contribution in [3.8, 4) is 11.3 Å². The normalized spacial score (nSPS) is 17.0. The molecule has 5 nitrogen and oxygen atoms in total. The molecular weight excluding hydrogens is 340 g/mol. The van der Waals surface area contributed by atoms with Crippen LogP contribution in [0.1, 0.15) is 24.0 Å². The minimum absolute atomic E-state index is 0.0599. The number of hydrogen-bond donors (Lipinski definition) is 0. The molecule has 1 aromatic heterocycles. The number of carbonyl (C=O) groups excluding carboxylic acids is 1. The Bertz CT molecular complexity index is 877. The van der Waals surface area contributed by atoms with Crippen molar-refractivity contribution in [2.75, 3.05) is 19.7 Å². The van der Waals surface area contributed by atoms with Crippen LogP contribution in [0.3, 0.4) is 0 Å². The fourth-order valence-corrected chi connectivity index (χ4v) is 3.28. The largest absolute Gasteiger partial charge is 0.441 e. The Morgan fingerprint density at radius 1 is 1.07 bits per heavy atom. The molecule has 0 bridgehead atoms. The molecule has 0 spiro atoms. The Labute approximate surface area is 158 Å². The van der Waals surface area contributed by atoms with Gasteiger partial charge >= 0.3 is 0 Å². The highest BCUT2D eigenvalue weighted by Gasteiger charge is 2.25. The van der Waals surface area contributed by atoms with Gasteiger partial charge in [-0.2, -0.15) is 0 Å². The van der Waals surface area contributed by atoms with E-state index < -0.39 is 0 Å². The first-order chi connectivity index (χ1) is 13.3. The summed E-state index contributed by atoms with van der Waals surface area (Å²) >= 11 is 0. The molecule has 0 N–H and O–H groups in total. The van der Waals surface area contributed by atoms with Crippen LogP contribution >= 0.6 is 0 Å². The molecule has 0 aliphatic carbocycles. The summed E-state index contributed by atoms with van der Waals surface area (Å²) in [6.07, 6.45) is 2.54. The molecule has 1 unspecified atom stereocenters. The molecule has 2 aromatic carbocycles. The molecule has 1 atom stereocenters. The van der Waals surface area contributed by atoms with E-state index in [0.29, 0.717) is 38.4 Å². The molecule has 1 fully saturated rings. The van der Waals surface area contributed by atoms with E-state index in [0.717, 1.165) is 16.9 Å². The standard InChI is InChI=1S/C22H22N2O3/c25-22(24-13-14-26-20(16-24)18-9-5-2-6-10-18)12-11-21-23-15-19(27-21)17-7-3-1-4-8-17/h1-10,15,20H,11-14,16H2. The van der Waals surface area contributed by atoms with Crippen LogP contribution in [0, 0.1) is 0 Å². The second kappa shape index (κ2) is 8.18. The van der Waals surface area contributed by atoms with Crippen molar-refractivity contribution >= 4 is 5.91 Å². The Morgan fingerprint density at radius 3 is 2.59 bits per heavy atom. The van der Waals surface area contributed by atoms with E-state index in [-0.39, 0.29) is 12.0 Å². The van der Waals surface area contributed by atoms with Gasteiger partial charge in [-0.15, -0.1) is 0 Å². The van der Waals surface area contributed by atoms with Gasteiger partial charge in [0.2, 0.25) is 5.91 Å². The Balaban J connectivity index is 1.33. The fourth-order valence-electron chi connectivity index (χ4n) is 3.28. The van der Waals surface area contributed by atoms with Crippen LogP contribution in [0.25, 0.3) is 11.3 Å². The number of oxazole rings is 1. The molecule has 5 heteroatoms. The lowest BCUT2D eigenvalue weighted by Crippen LogP contribution is -2.42. The highest BCUT2D eigenvalue weighted by atomic mass is 16.5. The molecule has 4 rings (SSSR count). The van der Waals surface area contributed by atoms with Crippen molar-refractivity contribution in [1.82, 2.24) is 9.88 Å². The van der Waals surface area contributed by atoms with Gasteiger partial charge in [0.05, 0.1) is 19.3 Å².